The highest BCUT2D eigenvalue weighted by Gasteiger charge is 2.15. The van der Waals surface area contributed by atoms with Crippen LogP contribution in [0.5, 0.6) is 0 Å². The van der Waals surface area contributed by atoms with Crippen molar-refractivity contribution in [2.45, 2.75) is 6.92 Å². The van der Waals surface area contributed by atoms with Gasteiger partial charge in [-0.3, -0.25) is 10.1 Å². The molecule has 0 bridgehead atoms. The molecule has 0 atom stereocenters. The summed E-state index contributed by atoms with van der Waals surface area (Å²) in [7, 11) is 1.24. The first-order valence-electron chi connectivity index (χ1n) is 4.53. The summed E-state index contributed by atoms with van der Waals surface area (Å²) in [6.07, 6.45) is 2.54. The van der Waals surface area contributed by atoms with Gasteiger partial charge in [-0.15, -0.1) is 0 Å². The van der Waals surface area contributed by atoms with Gasteiger partial charge in [0.1, 0.15) is 0 Å². The van der Waals surface area contributed by atoms with Crippen LogP contribution in [0, 0.1) is 17.0 Å². The summed E-state index contributed by atoms with van der Waals surface area (Å²) in [5.41, 5.74) is 0.619. The van der Waals surface area contributed by atoms with Crippen LogP contribution in [-0.2, 0) is 9.53 Å². The van der Waals surface area contributed by atoms with Crippen LogP contribution < -0.4 is 0 Å². The molecule has 0 N–H and O–H groups in total. The predicted molar refractivity (Wildman–Crippen MR) is 61.7 cm³/mol. The topological polar surface area (TPSA) is 82.3 Å². The Morgan fingerprint density at radius 1 is 1.65 bits per heavy atom. The molecule has 0 amide bonds. The van der Waals surface area contributed by atoms with Crippen LogP contribution >= 0.6 is 11.6 Å². The van der Waals surface area contributed by atoms with Crippen molar-refractivity contribution < 1.29 is 14.5 Å². The summed E-state index contributed by atoms with van der Waals surface area (Å²) in [6.45, 7) is 1.63. The van der Waals surface area contributed by atoms with Crippen molar-refractivity contribution in [3.05, 3.63) is 38.7 Å². The molecule has 1 rings (SSSR count). The van der Waals surface area contributed by atoms with Gasteiger partial charge in [0.05, 0.1) is 12.0 Å². The van der Waals surface area contributed by atoms with Crippen LogP contribution in [0.2, 0.25) is 5.15 Å². The van der Waals surface area contributed by atoms with Crippen molar-refractivity contribution in [1.82, 2.24) is 4.98 Å². The summed E-state index contributed by atoms with van der Waals surface area (Å²) in [4.78, 5) is 24.7. The normalized spacial score (nSPS) is 10.5. The SMILES string of the molecule is COC(=O)C=Cc1cc([N+](=O)[O-])c(Cl)nc1C. The third-order valence-electron chi connectivity index (χ3n) is 1.98. The van der Waals surface area contributed by atoms with E-state index in [1.54, 1.807) is 6.92 Å². The van der Waals surface area contributed by atoms with Gasteiger partial charge in [-0.25, -0.2) is 9.78 Å². The molecule has 90 valence electrons. The van der Waals surface area contributed by atoms with Gasteiger partial charge in [0.15, 0.2) is 0 Å². The molecule has 0 unspecified atom stereocenters. The number of halogens is 1. The van der Waals surface area contributed by atoms with Crippen LogP contribution in [0.15, 0.2) is 12.1 Å². The minimum Gasteiger partial charge on any atom is -0.466 e. The van der Waals surface area contributed by atoms with Crippen LogP contribution in [0.4, 0.5) is 5.69 Å². The van der Waals surface area contributed by atoms with Gasteiger partial charge in [0.25, 0.3) is 0 Å². The molecule has 0 fully saturated rings. The fraction of sp³-hybridized carbons (Fsp3) is 0.200. The van der Waals surface area contributed by atoms with Gasteiger partial charge in [-0.2, -0.15) is 0 Å². The molecule has 0 aromatic carbocycles. The number of methoxy groups -OCH3 is 1. The van der Waals surface area contributed by atoms with E-state index in [1.807, 2.05) is 0 Å². The zero-order chi connectivity index (χ0) is 13.0. The van der Waals surface area contributed by atoms with Gasteiger partial charge in [0.2, 0.25) is 5.15 Å². The number of hydrogen-bond acceptors (Lipinski definition) is 5. The van der Waals surface area contributed by atoms with E-state index in [9.17, 15) is 14.9 Å². The average Bonchev–Trinajstić information content (AvgIpc) is 2.26. The number of ether oxygens (including phenoxy) is 1. The van der Waals surface area contributed by atoms with E-state index in [1.165, 1.54) is 19.3 Å². The third-order valence-corrected chi connectivity index (χ3v) is 2.26. The average molecular weight is 257 g/mol. The predicted octanol–water partition coefficient (Wildman–Crippen LogP) is 2.14. The maximum Gasteiger partial charge on any atom is 0.330 e. The Bertz CT molecular complexity index is 499. The molecule has 6 nitrogen and oxygen atoms in total. The van der Waals surface area contributed by atoms with Gasteiger partial charge in [-0.05, 0) is 13.0 Å². The van der Waals surface area contributed by atoms with Crippen molar-refractivity contribution in [2.75, 3.05) is 7.11 Å². The molecular formula is C10H9ClN2O4. The molecular weight excluding hydrogens is 248 g/mol. The number of pyridine rings is 1. The first-order chi connectivity index (χ1) is 7.95. The largest absolute Gasteiger partial charge is 0.466 e. The number of nitro groups is 1. The van der Waals surface area contributed by atoms with Gasteiger partial charge < -0.3 is 4.74 Å². The highest BCUT2D eigenvalue weighted by molar-refractivity contribution is 6.31. The van der Waals surface area contributed by atoms with Crippen LogP contribution in [0.1, 0.15) is 11.3 Å². The highest BCUT2D eigenvalue weighted by Crippen LogP contribution is 2.25. The Hall–Kier alpha value is -1.95. The van der Waals surface area contributed by atoms with Crippen LogP contribution in [0.3, 0.4) is 0 Å². The molecule has 1 aromatic heterocycles. The second kappa shape index (κ2) is 5.40. The standard InChI is InChI=1S/C10H9ClN2O4/c1-6-7(3-4-9(14)17-2)5-8(13(15)16)10(11)12-6/h3-5H,1-2H3. The molecule has 1 aromatic rings. The molecule has 0 radical (unpaired) electrons. The summed E-state index contributed by atoms with van der Waals surface area (Å²) in [5, 5.41) is 10.5. The van der Waals surface area contributed by atoms with E-state index in [4.69, 9.17) is 11.6 Å². The smallest absolute Gasteiger partial charge is 0.330 e. The van der Waals surface area contributed by atoms with Gasteiger partial charge >= 0.3 is 11.7 Å². The maximum absolute atomic E-state index is 10.9. The number of carbonyl (C=O) groups excluding carboxylic acids is 1. The Labute approximate surface area is 102 Å². The fourth-order valence-corrected chi connectivity index (χ4v) is 1.35. The summed E-state index contributed by atoms with van der Waals surface area (Å²) in [5.74, 6) is -0.554. The third kappa shape index (κ3) is 3.25. The second-order valence-electron chi connectivity index (χ2n) is 3.09. The summed E-state index contributed by atoms with van der Waals surface area (Å²) in [6, 6.07) is 1.25. The number of aryl methyl sites for hydroxylation is 1. The highest BCUT2D eigenvalue weighted by atomic mass is 35.5. The lowest BCUT2D eigenvalue weighted by atomic mass is 10.2. The fourth-order valence-electron chi connectivity index (χ4n) is 1.10. The molecule has 17 heavy (non-hydrogen) atoms. The van der Waals surface area contributed by atoms with Gasteiger partial charge in [0, 0.05) is 23.4 Å². The minimum atomic E-state index is -0.635. The molecule has 0 aliphatic rings. The molecule has 0 saturated carbocycles. The van der Waals surface area contributed by atoms with Crippen molar-refractivity contribution in [3.8, 4) is 0 Å². The quantitative estimate of drug-likeness (QED) is 0.272. The summed E-state index contributed by atoms with van der Waals surface area (Å²) < 4.78 is 4.41. The number of nitrogens with zero attached hydrogens (tertiary/aromatic N) is 2. The van der Waals surface area contributed by atoms with E-state index in [2.05, 4.69) is 9.72 Å². The zero-order valence-electron chi connectivity index (χ0n) is 9.14. The Kier molecular flexibility index (Phi) is 4.17. The Balaban J connectivity index is 3.16. The molecule has 0 aliphatic heterocycles. The van der Waals surface area contributed by atoms with E-state index in [0.29, 0.717) is 11.3 Å². The second-order valence-corrected chi connectivity index (χ2v) is 3.44. The lowest BCUT2D eigenvalue weighted by Gasteiger charge is -2.01. The van der Waals surface area contributed by atoms with Crippen molar-refractivity contribution >= 4 is 29.3 Å². The van der Waals surface area contributed by atoms with Crippen LogP contribution in [0.25, 0.3) is 6.08 Å². The minimum absolute atomic E-state index is 0.178. The Morgan fingerprint density at radius 2 is 2.29 bits per heavy atom. The molecule has 0 saturated heterocycles. The maximum atomic E-state index is 10.9. The lowest BCUT2D eigenvalue weighted by Crippen LogP contribution is -1.97. The zero-order valence-corrected chi connectivity index (χ0v) is 9.89. The van der Waals surface area contributed by atoms with E-state index in [0.717, 1.165) is 6.08 Å². The first-order valence-corrected chi connectivity index (χ1v) is 4.91. The number of aromatic nitrogens is 1. The van der Waals surface area contributed by atoms with Gasteiger partial charge in [-0.1, -0.05) is 11.6 Å². The molecule has 0 aliphatic carbocycles. The lowest BCUT2D eigenvalue weighted by molar-refractivity contribution is -0.385. The van der Waals surface area contributed by atoms with E-state index >= 15 is 0 Å². The molecule has 1 heterocycles. The molecule has 7 heteroatoms. The number of hydrogen-bond donors (Lipinski definition) is 0. The number of rotatable bonds is 3. The van der Waals surface area contributed by atoms with Crippen molar-refractivity contribution in [2.24, 2.45) is 0 Å². The van der Waals surface area contributed by atoms with E-state index in [-0.39, 0.29) is 10.8 Å². The first kappa shape index (κ1) is 13.1. The van der Waals surface area contributed by atoms with E-state index < -0.39 is 10.9 Å². The summed E-state index contributed by atoms with van der Waals surface area (Å²) >= 11 is 5.62. The van der Waals surface area contributed by atoms with Crippen molar-refractivity contribution in [3.63, 3.8) is 0 Å². The number of carbonyl (C=O) groups is 1. The van der Waals surface area contributed by atoms with Crippen LogP contribution in [-0.4, -0.2) is 23.0 Å². The monoisotopic (exact) mass is 256 g/mol. The number of esters is 1. The Morgan fingerprint density at radius 3 is 2.82 bits per heavy atom. The van der Waals surface area contributed by atoms with Crippen molar-refractivity contribution in [1.29, 1.82) is 0 Å². The molecule has 0 spiro atoms.